The topological polar surface area (TPSA) is 126 Å². The second kappa shape index (κ2) is 9.20. The van der Waals surface area contributed by atoms with Crippen molar-refractivity contribution < 1.29 is 37.0 Å². The van der Waals surface area contributed by atoms with Gasteiger partial charge in [0.1, 0.15) is 22.8 Å². The first-order valence-corrected chi connectivity index (χ1v) is 8.79. The Labute approximate surface area is 178 Å². The molecule has 3 rings (SSSR count). The summed E-state index contributed by atoms with van der Waals surface area (Å²) in [6.07, 6.45) is -0.983. The van der Waals surface area contributed by atoms with Crippen LogP contribution in [-0.4, -0.2) is 35.3 Å². The van der Waals surface area contributed by atoms with Crippen molar-refractivity contribution in [3.05, 3.63) is 66.2 Å². The summed E-state index contributed by atoms with van der Waals surface area (Å²) in [4.78, 5) is 31.7. The summed E-state index contributed by atoms with van der Waals surface area (Å²) in [6.45, 7) is 0. The van der Waals surface area contributed by atoms with Gasteiger partial charge in [-0.05, 0) is 30.3 Å². The molecule has 0 aliphatic carbocycles. The number of nitrogens with one attached hydrogen (secondary N) is 1. The molecule has 1 aromatic carbocycles. The molecule has 12 heteroatoms. The van der Waals surface area contributed by atoms with Gasteiger partial charge in [-0.3, -0.25) is 19.6 Å². The van der Waals surface area contributed by atoms with E-state index >= 15 is 0 Å². The van der Waals surface area contributed by atoms with Gasteiger partial charge in [-0.2, -0.15) is 0 Å². The summed E-state index contributed by atoms with van der Waals surface area (Å²) in [5.41, 5.74) is 5.39. The fourth-order valence-corrected chi connectivity index (χ4v) is 2.53. The van der Waals surface area contributed by atoms with Gasteiger partial charge in [-0.25, -0.2) is 0 Å². The van der Waals surface area contributed by atoms with E-state index in [1.54, 1.807) is 0 Å². The van der Waals surface area contributed by atoms with Crippen LogP contribution < -0.4 is 25.3 Å². The molecular formula is C20H15F3N4O5. The Balaban J connectivity index is 1.85. The zero-order valence-corrected chi connectivity index (χ0v) is 16.3. The maximum atomic E-state index is 12.7. The monoisotopic (exact) mass is 448 g/mol. The lowest BCUT2D eigenvalue weighted by Gasteiger charge is -2.15. The number of carbonyl (C=O) groups excluding carboxylic acids is 2. The number of anilines is 1. The first-order valence-electron chi connectivity index (χ1n) is 8.79. The van der Waals surface area contributed by atoms with Gasteiger partial charge in [0.15, 0.2) is 11.5 Å². The third kappa shape index (κ3) is 5.62. The molecule has 2 amide bonds. The average molecular weight is 448 g/mol. The molecule has 0 saturated carbocycles. The molecule has 2 heterocycles. The van der Waals surface area contributed by atoms with E-state index < -0.39 is 23.9 Å². The van der Waals surface area contributed by atoms with Crippen molar-refractivity contribution >= 4 is 17.5 Å². The number of amides is 2. The van der Waals surface area contributed by atoms with E-state index in [2.05, 4.69) is 20.0 Å². The number of nitrogens with two attached hydrogens (primary N) is 1. The average Bonchev–Trinajstić information content (AvgIpc) is 2.74. The van der Waals surface area contributed by atoms with Gasteiger partial charge < -0.3 is 25.3 Å². The molecule has 0 fully saturated rings. The van der Waals surface area contributed by atoms with Crippen LogP contribution in [0.3, 0.4) is 0 Å². The molecule has 0 saturated heterocycles. The number of alkyl halides is 3. The van der Waals surface area contributed by atoms with Crippen LogP contribution in [0.2, 0.25) is 0 Å². The quantitative estimate of drug-likeness (QED) is 0.566. The Bertz CT molecular complexity index is 1150. The molecule has 0 atom stereocenters. The van der Waals surface area contributed by atoms with E-state index in [4.69, 9.17) is 15.2 Å². The predicted octanol–water partition coefficient (Wildman–Crippen LogP) is 3.53. The van der Waals surface area contributed by atoms with E-state index in [1.807, 2.05) is 0 Å². The summed E-state index contributed by atoms with van der Waals surface area (Å²) in [6, 6.07) is 7.35. The summed E-state index contributed by atoms with van der Waals surface area (Å²) >= 11 is 0. The highest BCUT2D eigenvalue weighted by Gasteiger charge is 2.31. The van der Waals surface area contributed by atoms with Gasteiger partial charge in [0.05, 0.1) is 7.11 Å². The van der Waals surface area contributed by atoms with Gasteiger partial charge in [-0.1, -0.05) is 0 Å². The Kier molecular flexibility index (Phi) is 6.42. The van der Waals surface area contributed by atoms with Crippen LogP contribution in [0.25, 0.3) is 0 Å². The van der Waals surface area contributed by atoms with Gasteiger partial charge >= 0.3 is 6.36 Å². The molecule has 0 radical (unpaired) electrons. The molecule has 0 bridgehead atoms. The maximum absolute atomic E-state index is 12.7. The number of hydrogen-bond acceptors (Lipinski definition) is 7. The summed E-state index contributed by atoms with van der Waals surface area (Å²) in [7, 11) is 1.24. The minimum absolute atomic E-state index is 0.00242. The molecule has 9 nitrogen and oxygen atoms in total. The molecule has 3 aromatic rings. The highest BCUT2D eigenvalue weighted by molar-refractivity contribution is 6.06. The highest BCUT2D eigenvalue weighted by Crippen LogP contribution is 2.37. The molecule has 0 aliphatic rings. The third-order valence-electron chi connectivity index (χ3n) is 3.88. The first-order chi connectivity index (χ1) is 15.2. The normalized spacial score (nSPS) is 10.9. The number of rotatable bonds is 7. The van der Waals surface area contributed by atoms with Crippen molar-refractivity contribution in [1.82, 2.24) is 9.97 Å². The van der Waals surface area contributed by atoms with Crippen molar-refractivity contribution in [2.75, 3.05) is 12.4 Å². The molecule has 3 N–H and O–H groups in total. The lowest BCUT2D eigenvalue weighted by molar-refractivity contribution is -0.274. The zero-order chi connectivity index (χ0) is 23.3. The van der Waals surface area contributed by atoms with Crippen LogP contribution in [-0.2, 0) is 0 Å². The maximum Gasteiger partial charge on any atom is 0.573 e. The Hall–Kier alpha value is -4.35. The van der Waals surface area contributed by atoms with Crippen LogP contribution in [0, 0.1) is 0 Å². The summed E-state index contributed by atoms with van der Waals surface area (Å²) in [5, 5.41) is 2.56. The van der Waals surface area contributed by atoms with Crippen LogP contribution in [0.4, 0.5) is 18.9 Å². The van der Waals surface area contributed by atoms with E-state index in [-0.39, 0.29) is 34.2 Å². The number of pyridine rings is 2. The molecule has 0 unspecified atom stereocenters. The second-order valence-electron chi connectivity index (χ2n) is 6.08. The summed E-state index contributed by atoms with van der Waals surface area (Å²) in [5.74, 6) is -1.89. The number of benzene rings is 1. The molecule has 32 heavy (non-hydrogen) atoms. The minimum Gasteiger partial charge on any atom is -0.493 e. The predicted molar refractivity (Wildman–Crippen MR) is 105 cm³/mol. The van der Waals surface area contributed by atoms with Crippen molar-refractivity contribution in [3.8, 4) is 23.0 Å². The molecule has 2 aromatic heterocycles. The van der Waals surface area contributed by atoms with Crippen molar-refractivity contribution in [2.45, 2.75) is 6.36 Å². The number of aromatic nitrogens is 2. The number of hydrogen-bond donors (Lipinski definition) is 2. The standard InChI is InChI=1S/C20H15F3N4O5/c1-30-17-9-12(32-20(21,22)23)2-3-16(17)31-15-5-6-25-10-13(15)19(29)27-11-4-7-26-14(8-11)18(24)28/h2-10H,1H3,(H2,24,28)(H,26,27,29). The van der Waals surface area contributed by atoms with E-state index in [9.17, 15) is 22.8 Å². The lowest BCUT2D eigenvalue weighted by Crippen LogP contribution is -2.17. The number of halogens is 3. The van der Waals surface area contributed by atoms with Crippen molar-refractivity contribution in [1.29, 1.82) is 0 Å². The van der Waals surface area contributed by atoms with E-state index in [0.29, 0.717) is 0 Å². The van der Waals surface area contributed by atoms with Gasteiger partial charge in [0.25, 0.3) is 11.8 Å². The number of methoxy groups -OCH3 is 1. The lowest BCUT2D eigenvalue weighted by atomic mass is 10.2. The van der Waals surface area contributed by atoms with Crippen molar-refractivity contribution in [2.24, 2.45) is 5.73 Å². The third-order valence-corrected chi connectivity index (χ3v) is 3.88. The van der Waals surface area contributed by atoms with Crippen LogP contribution in [0.1, 0.15) is 20.8 Å². The number of ether oxygens (including phenoxy) is 3. The molecular weight excluding hydrogens is 433 g/mol. The van der Waals surface area contributed by atoms with Crippen LogP contribution in [0.15, 0.2) is 55.0 Å². The minimum atomic E-state index is -4.87. The van der Waals surface area contributed by atoms with E-state index in [1.165, 1.54) is 50.0 Å². The highest BCUT2D eigenvalue weighted by atomic mass is 19.4. The number of primary amides is 1. The number of nitrogens with zero attached hydrogens (tertiary/aromatic N) is 2. The fourth-order valence-electron chi connectivity index (χ4n) is 2.53. The first kappa shape index (κ1) is 22.3. The van der Waals surface area contributed by atoms with Crippen molar-refractivity contribution in [3.63, 3.8) is 0 Å². The largest absolute Gasteiger partial charge is 0.573 e. The van der Waals surface area contributed by atoms with Gasteiger partial charge in [0.2, 0.25) is 0 Å². The van der Waals surface area contributed by atoms with Crippen LogP contribution >= 0.6 is 0 Å². The van der Waals surface area contributed by atoms with E-state index in [0.717, 1.165) is 12.1 Å². The van der Waals surface area contributed by atoms with Crippen LogP contribution in [0.5, 0.6) is 23.0 Å². The number of carbonyl (C=O) groups is 2. The SMILES string of the molecule is COc1cc(OC(F)(F)F)ccc1Oc1ccncc1C(=O)Nc1ccnc(C(N)=O)c1. The Morgan fingerprint density at radius 2 is 1.81 bits per heavy atom. The smallest absolute Gasteiger partial charge is 0.493 e. The Morgan fingerprint density at radius 1 is 1.03 bits per heavy atom. The zero-order valence-electron chi connectivity index (χ0n) is 16.3. The molecule has 166 valence electrons. The summed E-state index contributed by atoms with van der Waals surface area (Å²) < 4.78 is 51.9. The Morgan fingerprint density at radius 3 is 2.50 bits per heavy atom. The molecule has 0 aliphatic heterocycles. The second-order valence-corrected chi connectivity index (χ2v) is 6.08. The molecule has 0 spiro atoms. The fraction of sp³-hybridized carbons (Fsp3) is 0.100. The van der Waals surface area contributed by atoms with Gasteiger partial charge in [-0.15, -0.1) is 13.2 Å². The van der Waals surface area contributed by atoms with Gasteiger partial charge in [0, 0.05) is 30.3 Å².